The minimum absolute atomic E-state index is 0.0202. The van der Waals surface area contributed by atoms with E-state index in [9.17, 15) is 13.2 Å². The average molecular weight is 358 g/mol. The molecule has 2 aromatic carbocycles. The van der Waals surface area contributed by atoms with Crippen LogP contribution in [-0.2, 0) is 19.6 Å². The predicted molar refractivity (Wildman–Crippen MR) is 88.6 cm³/mol. The van der Waals surface area contributed by atoms with E-state index in [4.69, 9.17) is 10.00 Å². The molecule has 25 heavy (non-hydrogen) atoms. The number of rotatable bonds is 3. The molecule has 7 nitrogen and oxygen atoms in total. The van der Waals surface area contributed by atoms with Gasteiger partial charge in [0, 0.05) is 0 Å². The summed E-state index contributed by atoms with van der Waals surface area (Å²) in [6.07, 6.45) is -1.06. The number of esters is 1. The van der Waals surface area contributed by atoms with Crippen LogP contribution in [0.2, 0.25) is 0 Å². The van der Waals surface area contributed by atoms with Crippen LogP contribution in [-0.4, -0.2) is 34.1 Å². The monoisotopic (exact) mass is 358 g/mol. The van der Waals surface area contributed by atoms with Gasteiger partial charge in [-0.3, -0.25) is 4.31 Å². The van der Waals surface area contributed by atoms with Crippen molar-refractivity contribution in [2.45, 2.75) is 11.0 Å². The second-order valence-electron chi connectivity index (χ2n) is 5.27. The highest BCUT2D eigenvalue weighted by Crippen LogP contribution is 2.36. The van der Waals surface area contributed by atoms with Crippen LogP contribution in [0, 0.1) is 11.3 Å². The van der Waals surface area contributed by atoms with E-state index in [0.717, 1.165) is 4.31 Å². The maximum Gasteiger partial charge on any atom is 0.348 e. The van der Waals surface area contributed by atoms with Crippen LogP contribution in [0.15, 0.2) is 53.4 Å². The van der Waals surface area contributed by atoms with E-state index in [0.29, 0.717) is 11.3 Å². The fourth-order valence-electron chi connectivity index (χ4n) is 2.51. The Hall–Kier alpha value is -3.05. The molecule has 2 aromatic rings. The van der Waals surface area contributed by atoms with E-state index in [2.05, 4.69) is 4.74 Å². The van der Waals surface area contributed by atoms with Crippen molar-refractivity contribution < 1.29 is 22.7 Å². The zero-order valence-corrected chi connectivity index (χ0v) is 14.1. The second-order valence-corrected chi connectivity index (χ2v) is 7.13. The summed E-state index contributed by atoms with van der Waals surface area (Å²) in [7, 11) is -2.72. The highest BCUT2D eigenvalue weighted by atomic mass is 32.2. The molecule has 0 saturated carbocycles. The van der Waals surface area contributed by atoms with Gasteiger partial charge in [-0.25, -0.2) is 13.2 Å². The Morgan fingerprint density at radius 2 is 1.92 bits per heavy atom. The van der Waals surface area contributed by atoms with Gasteiger partial charge in [-0.15, -0.1) is 0 Å². The van der Waals surface area contributed by atoms with Crippen molar-refractivity contribution in [3.63, 3.8) is 0 Å². The van der Waals surface area contributed by atoms with Crippen molar-refractivity contribution in [3.05, 3.63) is 54.1 Å². The van der Waals surface area contributed by atoms with Crippen molar-refractivity contribution in [1.29, 1.82) is 5.26 Å². The maximum absolute atomic E-state index is 13.0. The number of nitriles is 1. The number of fused-ring (bicyclic) bond motifs is 1. The summed E-state index contributed by atoms with van der Waals surface area (Å²) in [6.45, 7) is -0.202. The van der Waals surface area contributed by atoms with Crippen LogP contribution in [0.5, 0.6) is 5.75 Å². The summed E-state index contributed by atoms with van der Waals surface area (Å²) in [4.78, 5) is 11.9. The minimum Gasteiger partial charge on any atom is -0.475 e. The fourth-order valence-corrected chi connectivity index (χ4v) is 3.99. The summed E-state index contributed by atoms with van der Waals surface area (Å²) in [5.41, 5.74) is 0.695. The molecular formula is C17H14N2O5S. The Kier molecular flexibility index (Phi) is 4.33. The first-order chi connectivity index (χ1) is 12.0. The number of sulfonamides is 1. The molecule has 128 valence electrons. The summed E-state index contributed by atoms with van der Waals surface area (Å²) < 4.78 is 37.4. The normalized spacial score (nSPS) is 16.3. The topological polar surface area (TPSA) is 96.7 Å². The van der Waals surface area contributed by atoms with Gasteiger partial charge in [0.05, 0.1) is 35.9 Å². The molecule has 0 bridgehead atoms. The molecule has 8 heteroatoms. The number of hydrogen-bond donors (Lipinski definition) is 0. The third-order valence-electron chi connectivity index (χ3n) is 3.77. The van der Waals surface area contributed by atoms with E-state index < -0.39 is 22.1 Å². The van der Waals surface area contributed by atoms with Crippen LogP contribution >= 0.6 is 0 Å². The Morgan fingerprint density at radius 1 is 1.24 bits per heavy atom. The van der Waals surface area contributed by atoms with Crippen LogP contribution in [0.4, 0.5) is 5.69 Å². The van der Waals surface area contributed by atoms with Crippen molar-refractivity contribution >= 4 is 21.7 Å². The maximum atomic E-state index is 13.0. The van der Waals surface area contributed by atoms with Gasteiger partial charge in [0.1, 0.15) is 5.75 Å². The number of carbonyl (C=O) groups is 1. The van der Waals surface area contributed by atoms with Crippen LogP contribution in [0.1, 0.15) is 5.56 Å². The second kappa shape index (κ2) is 6.45. The van der Waals surface area contributed by atoms with Crippen molar-refractivity contribution in [3.8, 4) is 11.8 Å². The van der Waals surface area contributed by atoms with Gasteiger partial charge in [-0.1, -0.05) is 12.1 Å². The lowest BCUT2D eigenvalue weighted by atomic mass is 10.2. The van der Waals surface area contributed by atoms with E-state index in [1.54, 1.807) is 24.3 Å². The van der Waals surface area contributed by atoms with Crippen LogP contribution in [0.3, 0.4) is 0 Å². The molecule has 1 aliphatic rings. The SMILES string of the molecule is COC(=O)[C@@H]1CN(S(=O)(=O)c2ccc(C#N)cc2)c2ccccc2O1. The number of ether oxygens (including phenoxy) is 2. The summed E-state index contributed by atoms with van der Waals surface area (Å²) in [6, 6.07) is 14.1. The van der Waals surface area contributed by atoms with Gasteiger partial charge in [-0.05, 0) is 36.4 Å². The number of benzene rings is 2. The highest BCUT2D eigenvalue weighted by Gasteiger charge is 2.37. The molecule has 0 saturated heterocycles. The molecule has 0 aliphatic carbocycles. The summed E-state index contributed by atoms with van der Waals surface area (Å²) in [5, 5.41) is 8.86. The Bertz CT molecular complexity index is 948. The first-order valence-corrected chi connectivity index (χ1v) is 8.78. The Labute approximate surface area is 145 Å². The predicted octanol–water partition coefficient (Wildman–Crippen LogP) is 1.69. The lowest BCUT2D eigenvalue weighted by molar-refractivity contribution is -0.148. The number of methoxy groups -OCH3 is 1. The van der Waals surface area contributed by atoms with E-state index >= 15 is 0 Å². The molecule has 0 aromatic heterocycles. The largest absolute Gasteiger partial charge is 0.475 e. The Morgan fingerprint density at radius 3 is 2.56 bits per heavy atom. The van der Waals surface area contributed by atoms with Crippen molar-refractivity contribution in [2.75, 3.05) is 18.0 Å². The molecule has 0 N–H and O–H groups in total. The molecule has 3 rings (SSSR count). The number of hydrogen-bond acceptors (Lipinski definition) is 6. The van der Waals surface area contributed by atoms with E-state index in [1.807, 2.05) is 6.07 Å². The molecule has 0 unspecified atom stereocenters. The van der Waals surface area contributed by atoms with Gasteiger partial charge in [0.15, 0.2) is 0 Å². The molecule has 1 heterocycles. The molecule has 1 aliphatic heterocycles. The molecule has 0 fully saturated rings. The van der Waals surface area contributed by atoms with E-state index in [1.165, 1.54) is 31.4 Å². The van der Waals surface area contributed by atoms with Crippen LogP contribution < -0.4 is 9.04 Å². The van der Waals surface area contributed by atoms with Crippen molar-refractivity contribution in [2.24, 2.45) is 0 Å². The standard InChI is InChI=1S/C17H14N2O5S/c1-23-17(20)16-11-19(14-4-2-3-5-15(14)24-16)25(21,22)13-8-6-12(10-18)7-9-13/h2-9,16H,11H2,1H3/t16-/m0/s1. The summed E-state index contributed by atoms with van der Waals surface area (Å²) in [5.74, 6) is -0.379. The van der Waals surface area contributed by atoms with Gasteiger partial charge in [0.2, 0.25) is 6.10 Å². The van der Waals surface area contributed by atoms with Crippen LogP contribution in [0.25, 0.3) is 0 Å². The quantitative estimate of drug-likeness (QED) is 0.775. The first-order valence-electron chi connectivity index (χ1n) is 7.34. The van der Waals surface area contributed by atoms with Gasteiger partial charge in [-0.2, -0.15) is 5.26 Å². The number of nitrogens with zero attached hydrogens (tertiary/aromatic N) is 2. The fraction of sp³-hybridized carbons (Fsp3) is 0.176. The molecule has 0 radical (unpaired) electrons. The minimum atomic E-state index is -3.94. The zero-order chi connectivity index (χ0) is 18.0. The first kappa shape index (κ1) is 16.8. The number of anilines is 1. The number of carbonyl (C=O) groups excluding carboxylic acids is 1. The van der Waals surface area contributed by atoms with Gasteiger partial charge >= 0.3 is 5.97 Å². The zero-order valence-electron chi connectivity index (χ0n) is 13.2. The molecule has 1 atom stereocenters. The Balaban J connectivity index is 2.06. The lowest BCUT2D eigenvalue weighted by Crippen LogP contribution is -2.47. The summed E-state index contributed by atoms with van der Waals surface area (Å²) >= 11 is 0. The van der Waals surface area contributed by atoms with Gasteiger partial charge in [0.25, 0.3) is 10.0 Å². The van der Waals surface area contributed by atoms with Crippen molar-refractivity contribution in [1.82, 2.24) is 0 Å². The lowest BCUT2D eigenvalue weighted by Gasteiger charge is -2.34. The molecule has 0 amide bonds. The smallest absolute Gasteiger partial charge is 0.348 e. The molecule has 0 spiro atoms. The highest BCUT2D eigenvalue weighted by molar-refractivity contribution is 7.92. The third-order valence-corrected chi connectivity index (χ3v) is 5.56. The molecular weight excluding hydrogens is 344 g/mol. The number of para-hydroxylation sites is 2. The average Bonchev–Trinajstić information content (AvgIpc) is 2.66. The van der Waals surface area contributed by atoms with Gasteiger partial charge < -0.3 is 9.47 Å². The van der Waals surface area contributed by atoms with E-state index in [-0.39, 0.29) is 17.2 Å². The third kappa shape index (κ3) is 3.02.